The van der Waals surface area contributed by atoms with Crippen molar-refractivity contribution in [3.63, 3.8) is 0 Å². The minimum absolute atomic E-state index is 0.0437. The van der Waals surface area contributed by atoms with Gasteiger partial charge in [-0.15, -0.1) is 0 Å². The normalized spacial score (nSPS) is 17.9. The molecule has 0 saturated carbocycles. The van der Waals surface area contributed by atoms with Crippen LogP contribution >= 0.6 is 0 Å². The van der Waals surface area contributed by atoms with Gasteiger partial charge in [-0.3, -0.25) is 34.6 Å². The number of nitrogens with zero attached hydrogens (tertiary/aromatic N) is 4. The predicted octanol–water partition coefficient (Wildman–Crippen LogP) is 5.46. The lowest BCUT2D eigenvalue weighted by Crippen LogP contribution is -2.42. The number of hydrogen-bond donors (Lipinski definition) is 3. The number of amides is 1. The Bertz CT molecular complexity index is 2630. The quantitative estimate of drug-likeness (QED) is 0.0625. The SMILES string of the molecule is COc1ccc(C(O[C@@H]2[C@H](C)[C@@H](CNS(=O)(=O)Oc3ccc([N+](=O)[O-])cc3)O[C@H]2n2cnc3c(=O)[nH]c(NC(=O)C(C)C)nc32)(c2ccccc2)c2ccc(OC)cc2)cc1. The highest BCUT2D eigenvalue weighted by Crippen LogP contribution is 2.48. The number of hydrogen-bond acceptors (Lipinski definition) is 13. The lowest BCUT2D eigenvalue weighted by atomic mass is 9.79. The zero-order chi connectivity index (χ0) is 43.5. The summed E-state index contributed by atoms with van der Waals surface area (Å²) in [6.45, 7) is 4.92. The first kappa shape index (κ1) is 42.5. The number of methoxy groups -OCH3 is 2. The highest BCUT2D eigenvalue weighted by molar-refractivity contribution is 7.85. The van der Waals surface area contributed by atoms with E-state index in [1.54, 1.807) is 28.1 Å². The highest BCUT2D eigenvalue weighted by atomic mass is 32.2. The molecule has 1 aliphatic heterocycles. The van der Waals surface area contributed by atoms with E-state index in [1.165, 1.54) is 23.0 Å². The van der Waals surface area contributed by atoms with Crippen molar-refractivity contribution < 1.29 is 41.3 Å². The maximum atomic E-state index is 13.4. The first-order chi connectivity index (χ1) is 29.2. The van der Waals surface area contributed by atoms with Crippen molar-refractivity contribution in [3.8, 4) is 17.2 Å². The largest absolute Gasteiger partial charge is 0.497 e. The molecule has 3 heterocycles. The molecule has 0 bridgehead atoms. The first-order valence-corrected chi connectivity index (χ1v) is 20.5. The van der Waals surface area contributed by atoms with E-state index in [1.807, 2.05) is 85.8 Å². The summed E-state index contributed by atoms with van der Waals surface area (Å²) in [5.74, 6) is -0.434. The van der Waals surface area contributed by atoms with Crippen molar-refractivity contribution >= 4 is 39.0 Å². The van der Waals surface area contributed by atoms with Gasteiger partial charge in [0.25, 0.3) is 11.2 Å². The highest BCUT2D eigenvalue weighted by Gasteiger charge is 2.50. The van der Waals surface area contributed by atoms with Crippen LogP contribution in [0.15, 0.2) is 114 Å². The molecule has 2 aromatic heterocycles. The van der Waals surface area contributed by atoms with E-state index >= 15 is 0 Å². The Hall–Kier alpha value is -6.67. The maximum absolute atomic E-state index is 13.4. The lowest BCUT2D eigenvalue weighted by Gasteiger charge is -2.40. The number of aromatic amines is 1. The van der Waals surface area contributed by atoms with E-state index in [9.17, 15) is 28.1 Å². The number of nitro groups is 1. The van der Waals surface area contributed by atoms with Gasteiger partial charge in [-0.05, 0) is 53.1 Å². The Labute approximate surface area is 350 Å². The lowest BCUT2D eigenvalue weighted by molar-refractivity contribution is -0.384. The standard InChI is InChI=1S/C42H43N7O11S/c1-25(2)38(50)46-41-45-37-35(39(51)47-41)43-24-48(37)40-36(26(3)34(58-40)23-44-61(54,55)60-33-21-15-30(16-22-33)49(52)53)59-42(27-9-7-6-8-10-27,28-11-17-31(56-4)18-12-28)29-13-19-32(57-5)20-14-29/h6-22,24-26,34,36,40,44H,23H2,1-5H3,(H2,45,46,47,50,51)/t26-,34-,36-,40-/m1/s1. The van der Waals surface area contributed by atoms with Crippen LogP contribution in [0.1, 0.15) is 43.7 Å². The second-order valence-electron chi connectivity index (χ2n) is 14.5. The Kier molecular flexibility index (Phi) is 12.2. The molecule has 4 aromatic carbocycles. The number of nitro benzene ring substituents is 1. The van der Waals surface area contributed by atoms with Gasteiger partial charge >= 0.3 is 10.3 Å². The number of carbonyl (C=O) groups excluding carboxylic acids is 1. The minimum Gasteiger partial charge on any atom is -0.497 e. The number of H-pyrrole nitrogens is 1. The summed E-state index contributed by atoms with van der Waals surface area (Å²) >= 11 is 0. The number of imidazole rings is 1. The molecule has 0 radical (unpaired) electrons. The third kappa shape index (κ3) is 8.80. The van der Waals surface area contributed by atoms with Gasteiger partial charge in [-0.1, -0.05) is 75.4 Å². The average Bonchev–Trinajstić information content (AvgIpc) is 3.82. The molecule has 0 spiro atoms. The molecule has 3 N–H and O–H groups in total. The van der Waals surface area contributed by atoms with E-state index < -0.39 is 56.7 Å². The van der Waals surface area contributed by atoms with Crippen molar-refractivity contribution in [1.82, 2.24) is 24.2 Å². The molecule has 18 nitrogen and oxygen atoms in total. The van der Waals surface area contributed by atoms with Crippen molar-refractivity contribution in [2.45, 2.75) is 44.8 Å². The van der Waals surface area contributed by atoms with Crippen molar-refractivity contribution in [2.75, 3.05) is 26.1 Å². The van der Waals surface area contributed by atoms with Crippen molar-refractivity contribution in [2.24, 2.45) is 11.8 Å². The number of carbonyl (C=O) groups is 1. The second kappa shape index (κ2) is 17.5. The van der Waals surface area contributed by atoms with Gasteiger partial charge < -0.3 is 23.1 Å². The van der Waals surface area contributed by atoms with E-state index in [2.05, 4.69) is 25.0 Å². The van der Waals surface area contributed by atoms with Crippen molar-refractivity contribution in [3.05, 3.63) is 147 Å². The summed E-state index contributed by atoms with van der Waals surface area (Å²) in [5.41, 5.74) is -0.0502. The molecule has 6 aromatic rings. The fourth-order valence-corrected chi connectivity index (χ4v) is 7.90. The summed E-state index contributed by atoms with van der Waals surface area (Å²) in [6, 6.07) is 29.0. The number of rotatable bonds is 16. The smallest absolute Gasteiger partial charge is 0.382 e. The van der Waals surface area contributed by atoms with Crippen LogP contribution in [0.4, 0.5) is 11.6 Å². The van der Waals surface area contributed by atoms with Crippen LogP contribution < -0.4 is 29.3 Å². The van der Waals surface area contributed by atoms with Gasteiger partial charge in [0.15, 0.2) is 17.4 Å². The Morgan fingerprint density at radius 2 is 1.49 bits per heavy atom. The van der Waals surface area contributed by atoms with Crippen LogP contribution in [-0.2, 0) is 30.2 Å². The molecule has 61 heavy (non-hydrogen) atoms. The Balaban J connectivity index is 1.34. The van der Waals surface area contributed by atoms with Crippen molar-refractivity contribution in [1.29, 1.82) is 0 Å². The van der Waals surface area contributed by atoms with Crippen LogP contribution in [-0.4, -0.2) is 71.7 Å². The summed E-state index contributed by atoms with van der Waals surface area (Å²) in [6.07, 6.45) is -1.57. The van der Waals surface area contributed by atoms with Crippen LogP contribution in [0.2, 0.25) is 0 Å². The van der Waals surface area contributed by atoms with Crippen LogP contribution in [0.3, 0.4) is 0 Å². The number of ether oxygens (including phenoxy) is 4. The summed E-state index contributed by atoms with van der Waals surface area (Å²) in [5, 5.41) is 13.8. The molecule has 0 aliphatic carbocycles. The Morgan fingerprint density at radius 3 is 2.05 bits per heavy atom. The van der Waals surface area contributed by atoms with Gasteiger partial charge in [0, 0.05) is 30.5 Å². The van der Waals surface area contributed by atoms with Gasteiger partial charge in [-0.25, -0.2) is 4.98 Å². The molecule has 7 rings (SSSR count). The summed E-state index contributed by atoms with van der Waals surface area (Å²) < 4.78 is 61.0. The van der Waals surface area contributed by atoms with Gasteiger partial charge in [0.1, 0.15) is 29.0 Å². The number of fused-ring (bicyclic) bond motifs is 1. The van der Waals surface area contributed by atoms with Gasteiger partial charge in [-0.2, -0.15) is 18.1 Å². The monoisotopic (exact) mass is 853 g/mol. The van der Waals surface area contributed by atoms with Crippen LogP contribution in [0, 0.1) is 22.0 Å². The van der Waals surface area contributed by atoms with Gasteiger partial charge in [0.05, 0.1) is 31.6 Å². The maximum Gasteiger partial charge on any atom is 0.382 e. The zero-order valence-corrected chi connectivity index (χ0v) is 34.5. The number of benzene rings is 4. The van der Waals surface area contributed by atoms with E-state index in [0.717, 1.165) is 17.7 Å². The molecular formula is C42H43N7O11S. The molecule has 318 valence electrons. The summed E-state index contributed by atoms with van der Waals surface area (Å²) in [7, 11) is -1.35. The minimum atomic E-state index is -4.49. The molecule has 1 amide bonds. The average molecular weight is 854 g/mol. The topological polar surface area (TPSA) is 228 Å². The predicted molar refractivity (Wildman–Crippen MR) is 223 cm³/mol. The number of non-ortho nitro benzene ring substituents is 1. The van der Waals surface area contributed by atoms with E-state index in [0.29, 0.717) is 22.6 Å². The zero-order valence-electron chi connectivity index (χ0n) is 33.7. The number of aromatic nitrogens is 4. The number of anilines is 1. The first-order valence-electron chi connectivity index (χ1n) is 19.1. The molecule has 4 atom stereocenters. The fourth-order valence-electron chi connectivity index (χ4n) is 7.10. The van der Waals surface area contributed by atoms with Crippen LogP contribution in [0.25, 0.3) is 11.2 Å². The van der Waals surface area contributed by atoms with E-state index in [4.69, 9.17) is 23.1 Å². The van der Waals surface area contributed by atoms with Crippen LogP contribution in [0.5, 0.6) is 17.2 Å². The third-order valence-corrected chi connectivity index (χ3v) is 11.3. The number of nitrogens with one attached hydrogen (secondary N) is 3. The molecule has 1 aliphatic rings. The molecular weight excluding hydrogens is 811 g/mol. The summed E-state index contributed by atoms with van der Waals surface area (Å²) in [4.78, 5) is 48.1. The molecule has 19 heteroatoms. The second-order valence-corrected chi connectivity index (χ2v) is 15.9. The Morgan fingerprint density at radius 1 is 0.918 bits per heavy atom. The third-order valence-electron chi connectivity index (χ3n) is 10.4. The fraction of sp³-hybridized carbons (Fsp3) is 0.286. The van der Waals surface area contributed by atoms with Gasteiger partial charge in [0.2, 0.25) is 11.9 Å². The van der Waals surface area contributed by atoms with E-state index in [-0.39, 0.29) is 41.0 Å². The molecule has 0 unspecified atom stereocenters. The molecule has 1 fully saturated rings. The molecule has 1 saturated heterocycles.